The van der Waals surface area contributed by atoms with Crippen LogP contribution in [0.3, 0.4) is 0 Å². The minimum atomic E-state index is -0.341. The van der Waals surface area contributed by atoms with Crippen molar-refractivity contribution in [1.29, 1.82) is 10.5 Å². The second kappa shape index (κ2) is 6.41. The number of carbonyl (C=O) groups excluding carboxylic acids is 1. The molecule has 0 aromatic heterocycles. The van der Waals surface area contributed by atoms with Gasteiger partial charge in [-0.15, -0.1) is 0 Å². The Bertz CT molecular complexity index is 806. The van der Waals surface area contributed by atoms with Crippen LogP contribution in [0.2, 0.25) is 5.02 Å². The van der Waals surface area contributed by atoms with Gasteiger partial charge in [-0.05, 0) is 52.3 Å². The molecule has 0 fully saturated rings. The summed E-state index contributed by atoms with van der Waals surface area (Å²) in [7, 11) is 0. The molecule has 4 nitrogen and oxygen atoms in total. The van der Waals surface area contributed by atoms with Gasteiger partial charge in [-0.2, -0.15) is 10.5 Å². The summed E-state index contributed by atoms with van der Waals surface area (Å²) in [6.45, 7) is 0. The highest BCUT2D eigenvalue weighted by molar-refractivity contribution is 9.10. The first-order chi connectivity index (χ1) is 10.0. The average Bonchev–Trinajstić information content (AvgIpc) is 2.46. The largest absolute Gasteiger partial charge is 0.322 e. The van der Waals surface area contributed by atoms with Crippen molar-refractivity contribution >= 4 is 39.1 Å². The van der Waals surface area contributed by atoms with Crippen molar-refractivity contribution in [3.8, 4) is 12.1 Å². The number of nitrogens with zero attached hydrogens (tertiary/aromatic N) is 2. The van der Waals surface area contributed by atoms with E-state index in [4.69, 9.17) is 22.1 Å². The Hall–Kier alpha value is -2.34. The highest BCUT2D eigenvalue weighted by Crippen LogP contribution is 2.23. The third-order valence-corrected chi connectivity index (χ3v) is 3.59. The lowest BCUT2D eigenvalue weighted by Gasteiger charge is -2.08. The molecule has 21 heavy (non-hydrogen) atoms. The summed E-state index contributed by atoms with van der Waals surface area (Å²) in [5.41, 5.74) is 1.34. The normalized spacial score (nSPS) is 9.52. The Morgan fingerprint density at radius 1 is 1.10 bits per heavy atom. The van der Waals surface area contributed by atoms with E-state index < -0.39 is 0 Å². The quantitative estimate of drug-likeness (QED) is 0.876. The van der Waals surface area contributed by atoms with Crippen molar-refractivity contribution in [1.82, 2.24) is 0 Å². The third kappa shape index (κ3) is 3.41. The molecule has 2 aromatic rings. The van der Waals surface area contributed by atoms with Crippen LogP contribution in [-0.2, 0) is 0 Å². The molecule has 6 heteroatoms. The number of anilines is 1. The van der Waals surface area contributed by atoms with E-state index in [1.807, 2.05) is 12.1 Å². The van der Waals surface area contributed by atoms with Crippen molar-refractivity contribution in [3.63, 3.8) is 0 Å². The molecular formula is C15H7BrClN3O. The molecule has 0 saturated carbocycles. The van der Waals surface area contributed by atoms with E-state index in [1.54, 1.807) is 24.3 Å². The number of halogens is 2. The van der Waals surface area contributed by atoms with E-state index in [0.29, 0.717) is 20.7 Å². The first kappa shape index (κ1) is 15.1. The van der Waals surface area contributed by atoms with E-state index in [9.17, 15) is 4.79 Å². The topological polar surface area (TPSA) is 76.7 Å². The third-order valence-electron chi connectivity index (χ3n) is 2.69. The minimum Gasteiger partial charge on any atom is -0.322 e. The van der Waals surface area contributed by atoms with Crippen molar-refractivity contribution in [2.75, 3.05) is 5.32 Å². The van der Waals surface area contributed by atoms with Crippen LogP contribution >= 0.6 is 27.5 Å². The summed E-state index contributed by atoms with van der Waals surface area (Å²) >= 11 is 9.10. The zero-order valence-corrected chi connectivity index (χ0v) is 12.9. The molecule has 1 N–H and O–H groups in total. The van der Waals surface area contributed by atoms with Crippen LogP contribution in [0.1, 0.15) is 21.5 Å². The summed E-state index contributed by atoms with van der Waals surface area (Å²) in [5.74, 6) is -0.341. The van der Waals surface area contributed by atoms with Crippen molar-refractivity contribution in [2.45, 2.75) is 0 Å². The first-order valence-corrected chi connectivity index (χ1v) is 6.93. The van der Waals surface area contributed by atoms with Crippen LogP contribution in [0.15, 0.2) is 40.9 Å². The highest BCUT2D eigenvalue weighted by Gasteiger charge is 2.11. The van der Waals surface area contributed by atoms with E-state index in [1.165, 1.54) is 12.1 Å². The minimum absolute atomic E-state index is 0.213. The second-order valence-electron chi connectivity index (χ2n) is 4.06. The van der Waals surface area contributed by atoms with Crippen LogP contribution in [0.5, 0.6) is 0 Å². The molecule has 0 aliphatic rings. The van der Waals surface area contributed by atoms with Crippen molar-refractivity contribution in [3.05, 3.63) is 62.6 Å². The van der Waals surface area contributed by atoms with Crippen LogP contribution in [0, 0.1) is 22.7 Å². The number of carbonyl (C=O) groups is 1. The number of rotatable bonds is 2. The van der Waals surface area contributed by atoms with Gasteiger partial charge in [0.25, 0.3) is 5.91 Å². The number of nitriles is 2. The number of hydrogen-bond donors (Lipinski definition) is 1. The van der Waals surface area contributed by atoms with Gasteiger partial charge in [0, 0.05) is 15.2 Å². The number of hydrogen-bond acceptors (Lipinski definition) is 3. The number of benzene rings is 2. The highest BCUT2D eigenvalue weighted by atomic mass is 79.9. The van der Waals surface area contributed by atoms with E-state index in [0.717, 1.165) is 0 Å². The summed E-state index contributed by atoms with van der Waals surface area (Å²) < 4.78 is 0.571. The Balaban J connectivity index is 2.28. The van der Waals surface area contributed by atoms with Crippen molar-refractivity contribution in [2.24, 2.45) is 0 Å². The fourth-order valence-corrected chi connectivity index (χ4v) is 2.55. The Kier molecular flexibility index (Phi) is 4.59. The molecule has 0 bridgehead atoms. The standard InChI is InChI=1S/C15H7BrClN3O/c16-14-6-11(17)2-4-13(14)15(21)20-12-3-1-9(7-18)10(5-12)8-19/h1-6H,(H,20,21). The maximum Gasteiger partial charge on any atom is 0.256 e. The molecule has 102 valence electrons. The fraction of sp³-hybridized carbons (Fsp3) is 0. The molecule has 0 radical (unpaired) electrons. The smallest absolute Gasteiger partial charge is 0.256 e. The zero-order valence-electron chi connectivity index (χ0n) is 10.5. The van der Waals surface area contributed by atoms with Crippen LogP contribution in [0.4, 0.5) is 5.69 Å². The number of amides is 1. The predicted molar refractivity (Wildman–Crippen MR) is 83.0 cm³/mol. The number of nitrogens with one attached hydrogen (secondary N) is 1. The molecule has 0 aliphatic heterocycles. The van der Waals surface area contributed by atoms with Gasteiger partial charge in [-0.3, -0.25) is 4.79 Å². The van der Waals surface area contributed by atoms with Gasteiger partial charge < -0.3 is 5.32 Å². The molecule has 2 rings (SSSR count). The van der Waals surface area contributed by atoms with Gasteiger partial charge in [-0.25, -0.2) is 0 Å². The summed E-state index contributed by atoms with van der Waals surface area (Å²) in [4.78, 5) is 12.2. The predicted octanol–water partition coefficient (Wildman–Crippen LogP) is 4.10. The fourth-order valence-electron chi connectivity index (χ4n) is 1.68. The lowest BCUT2D eigenvalue weighted by Crippen LogP contribution is -2.12. The Morgan fingerprint density at radius 3 is 2.43 bits per heavy atom. The monoisotopic (exact) mass is 359 g/mol. The Morgan fingerprint density at radius 2 is 1.81 bits per heavy atom. The molecule has 0 atom stereocenters. The molecule has 1 amide bonds. The zero-order chi connectivity index (χ0) is 15.4. The molecule has 0 spiro atoms. The maximum absolute atomic E-state index is 12.2. The lowest BCUT2D eigenvalue weighted by atomic mass is 10.1. The van der Waals surface area contributed by atoms with Crippen molar-refractivity contribution < 1.29 is 4.79 Å². The summed E-state index contributed by atoms with van der Waals surface area (Å²) in [6, 6.07) is 13.2. The van der Waals surface area contributed by atoms with E-state index in [-0.39, 0.29) is 17.0 Å². The maximum atomic E-state index is 12.2. The van der Waals surface area contributed by atoms with E-state index in [2.05, 4.69) is 21.2 Å². The van der Waals surface area contributed by atoms with Gasteiger partial charge >= 0.3 is 0 Å². The van der Waals surface area contributed by atoms with Gasteiger partial charge in [0.15, 0.2) is 0 Å². The molecule has 0 saturated heterocycles. The molecule has 0 heterocycles. The molecule has 0 aliphatic carbocycles. The van der Waals surface area contributed by atoms with Crippen LogP contribution in [-0.4, -0.2) is 5.91 Å². The van der Waals surface area contributed by atoms with E-state index >= 15 is 0 Å². The first-order valence-electron chi connectivity index (χ1n) is 5.76. The summed E-state index contributed by atoms with van der Waals surface area (Å²) in [6.07, 6.45) is 0. The molecule has 2 aromatic carbocycles. The van der Waals surface area contributed by atoms with Gasteiger partial charge in [0.2, 0.25) is 0 Å². The SMILES string of the molecule is N#Cc1ccc(NC(=O)c2ccc(Cl)cc2Br)cc1C#N. The Labute approximate surface area is 134 Å². The van der Waals surface area contributed by atoms with Gasteiger partial charge in [0.1, 0.15) is 12.1 Å². The van der Waals surface area contributed by atoms with Crippen LogP contribution < -0.4 is 5.32 Å². The molecule has 0 unspecified atom stereocenters. The summed E-state index contributed by atoms with van der Waals surface area (Å²) in [5, 5.41) is 21.0. The van der Waals surface area contributed by atoms with Crippen LogP contribution in [0.25, 0.3) is 0 Å². The average molecular weight is 361 g/mol. The van der Waals surface area contributed by atoms with Gasteiger partial charge in [-0.1, -0.05) is 11.6 Å². The molecular weight excluding hydrogens is 354 g/mol. The van der Waals surface area contributed by atoms with Gasteiger partial charge in [0.05, 0.1) is 16.7 Å². The second-order valence-corrected chi connectivity index (χ2v) is 5.35. The lowest BCUT2D eigenvalue weighted by molar-refractivity contribution is 0.102.